The summed E-state index contributed by atoms with van der Waals surface area (Å²) in [6.45, 7) is 0. The second-order valence-electron chi connectivity index (χ2n) is 6.35. The maximum atomic E-state index is 12.8. The van der Waals surface area contributed by atoms with Crippen molar-refractivity contribution in [3.05, 3.63) is 79.9 Å². The van der Waals surface area contributed by atoms with Gasteiger partial charge in [-0.05, 0) is 24.3 Å². The van der Waals surface area contributed by atoms with E-state index in [2.05, 4.69) is 10.3 Å². The molecule has 0 unspecified atom stereocenters. The molecule has 1 amide bonds. The van der Waals surface area contributed by atoms with Gasteiger partial charge in [-0.25, -0.2) is 4.98 Å². The van der Waals surface area contributed by atoms with Crippen molar-refractivity contribution in [2.24, 2.45) is 0 Å². The van der Waals surface area contributed by atoms with E-state index in [0.717, 1.165) is 12.1 Å². The number of nitrogens with one attached hydrogen (secondary N) is 1. The average Bonchev–Trinajstić information content (AvgIpc) is 2.75. The molecule has 0 aliphatic carbocycles. The number of nitro groups is 1. The number of ether oxygens (including phenoxy) is 2. The Morgan fingerprint density at radius 2 is 1.82 bits per heavy atom. The van der Waals surface area contributed by atoms with Crippen LogP contribution in [0.15, 0.2) is 48.7 Å². The zero-order valence-corrected chi connectivity index (χ0v) is 18.0. The van der Waals surface area contributed by atoms with Crippen molar-refractivity contribution < 1.29 is 32.4 Å². The van der Waals surface area contributed by atoms with E-state index in [-0.39, 0.29) is 44.4 Å². The number of aromatic nitrogens is 1. The van der Waals surface area contributed by atoms with Crippen molar-refractivity contribution >= 4 is 40.5 Å². The third-order valence-electron chi connectivity index (χ3n) is 4.17. The Labute approximate surface area is 194 Å². The molecule has 0 aliphatic heterocycles. The van der Waals surface area contributed by atoms with E-state index in [4.69, 9.17) is 32.7 Å². The van der Waals surface area contributed by atoms with Gasteiger partial charge >= 0.3 is 6.18 Å². The molecule has 0 fully saturated rings. The molecular weight excluding hydrogens is 490 g/mol. The largest absolute Gasteiger partial charge is 0.493 e. The summed E-state index contributed by atoms with van der Waals surface area (Å²) >= 11 is 11.8. The van der Waals surface area contributed by atoms with Crippen LogP contribution in [0.5, 0.6) is 17.4 Å². The van der Waals surface area contributed by atoms with Crippen LogP contribution in [0.25, 0.3) is 0 Å². The maximum Gasteiger partial charge on any atom is 0.417 e. The Morgan fingerprint density at radius 1 is 1.09 bits per heavy atom. The number of methoxy groups -OCH3 is 1. The van der Waals surface area contributed by atoms with Gasteiger partial charge in [-0.1, -0.05) is 23.2 Å². The lowest BCUT2D eigenvalue weighted by atomic mass is 10.1. The highest BCUT2D eigenvalue weighted by Crippen LogP contribution is 2.38. The van der Waals surface area contributed by atoms with Crippen molar-refractivity contribution in [3.8, 4) is 17.4 Å². The first-order valence-corrected chi connectivity index (χ1v) is 9.59. The SMILES string of the molecule is COc1cc(NC(=O)c2cc([N+](=O)[O-])ccc2Cl)ccc1Oc1ncc(C(F)(F)F)cc1Cl. The van der Waals surface area contributed by atoms with E-state index in [1.54, 1.807) is 0 Å². The Balaban J connectivity index is 1.83. The number of nitro benzene ring substituents is 1. The fourth-order valence-electron chi connectivity index (χ4n) is 2.59. The van der Waals surface area contributed by atoms with Crippen LogP contribution in [0.4, 0.5) is 24.5 Å². The summed E-state index contributed by atoms with van der Waals surface area (Å²) in [6.07, 6.45) is -4.04. The number of benzene rings is 2. The first kappa shape index (κ1) is 24.1. The normalized spacial score (nSPS) is 11.1. The lowest BCUT2D eigenvalue weighted by molar-refractivity contribution is -0.384. The van der Waals surface area contributed by atoms with Gasteiger partial charge in [0, 0.05) is 30.1 Å². The highest BCUT2D eigenvalue weighted by atomic mass is 35.5. The van der Waals surface area contributed by atoms with E-state index in [1.165, 1.54) is 31.4 Å². The Hall–Kier alpha value is -3.57. The number of nitrogens with zero attached hydrogens (tertiary/aromatic N) is 2. The summed E-state index contributed by atoms with van der Waals surface area (Å²) < 4.78 is 49.0. The van der Waals surface area contributed by atoms with Gasteiger partial charge < -0.3 is 14.8 Å². The number of alkyl halides is 3. The molecule has 0 saturated heterocycles. The van der Waals surface area contributed by atoms with Gasteiger partial charge in [0.25, 0.3) is 11.6 Å². The van der Waals surface area contributed by atoms with Gasteiger partial charge in [-0.3, -0.25) is 14.9 Å². The monoisotopic (exact) mass is 501 g/mol. The molecule has 3 rings (SSSR count). The first-order chi connectivity index (χ1) is 15.5. The van der Waals surface area contributed by atoms with Crippen molar-refractivity contribution in [3.63, 3.8) is 0 Å². The van der Waals surface area contributed by atoms with Gasteiger partial charge in [0.1, 0.15) is 5.02 Å². The minimum absolute atomic E-state index is 0.00744. The minimum Gasteiger partial charge on any atom is -0.493 e. The molecule has 0 aliphatic rings. The van der Waals surface area contributed by atoms with Gasteiger partial charge in [0.15, 0.2) is 11.5 Å². The van der Waals surface area contributed by atoms with Crippen molar-refractivity contribution in [2.75, 3.05) is 12.4 Å². The van der Waals surface area contributed by atoms with Crippen molar-refractivity contribution in [1.29, 1.82) is 0 Å². The van der Waals surface area contributed by atoms with Crippen LogP contribution in [-0.2, 0) is 6.18 Å². The number of amides is 1. The molecule has 0 bridgehead atoms. The summed E-state index contributed by atoms with van der Waals surface area (Å²) in [7, 11) is 1.30. The van der Waals surface area contributed by atoms with Gasteiger partial charge in [-0.15, -0.1) is 0 Å². The fourth-order valence-corrected chi connectivity index (χ4v) is 3.00. The minimum atomic E-state index is -4.62. The third kappa shape index (κ3) is 5.62. The summed E-state index contributed by atoms with van der Waals surface area (Å²) in [5.41, 5.74) is -1.25. The zero-order chi connectivity index (χ0) is 24.3. The molecule has 1 aromatic heterocycles. The quantitative estimate of drug-likeness (QED) is 0.311. The summed E-state index contributed by atoms with van der Waals surface area (Å²) in [6, 6.07) is 8.22. The van der Waals surface area contributed by atoms with Gasteiger partial charge in [0.05, 0.1) is 28.2 Å². The van der Waals surface area contributed by atoms with Crippen LogP contribution in [0, 0.1) is 10.1 Å². The Kier molecular flexibility index (Phi) is 6.94. The van der Waals surface area contributed by atoms with E-state index < -0.39 is 22.6 Å². The number of pyridine rings is 1. The van der Waals surface area contributed by atoms with Crippen LogP contribution in [-0.4, -0.2) is 22.9 Å². The van der Waals surface area contributed by atoms with Crippen LogP contribution in [0.3, 0.4) is 0 Å². The van der Waals surface area contributed by atoms with Crippen molar-refractivity contribution in [2.45, 2.75) is 6.18 Å². The number of hydrogen-bond acceptors (Lipinski definition) is 6. The lowest BCUT2D eigenvalue weighted by Crippen LogP contribution is -2.13. The van der Waals surface area contributed by atoms with E-state index in [0.29, 0.717) is 12.3 Å². The molecule has 8 nitrogen and oxygen atoms in total. The van der Waals surface area contributed by atoms with E-state index >= 15 is 0 Å². The zero-order valence-electron chi connectivity index (χ0n) is 16.4. The topological polar surface area (TPSA) is 104 Å². The number of carbonyl (C=O) groups is 1. The van der Waals surface area contributed by atoms with Crippen LogP contribution >= 0.6 is 23.2 Å². The number of rotatable bonds is 6. The predicted octanol–water partition coefficient (Wildman–Crippen LogP) is 6.37. The highest BCUT2D eigenvalue weighted by Gasteiger charge is 2.32. The molecule has 0 spiro atoms. The molecule has 3 aromatic rings. The number of carbonyl (C=O) groups excluding carboxylic acids is 1. The molecule has 13 heteroatoms. The molecule has 172 valence electrons. The van der Waals surface area contributed by atoms with Crippen LogP contribution < -0.4 is 14.8 Å². The van der Waals surface area contributed by atoms with E-state index in [9.17, 15) is 28.1 Å². The molecule has 0 saturated carbocycles. The number of halogens is 5. The second kappa shape index (κ2) is 9.51. The molecule has 1 heterocycles. The van der Waals surface area contributed by atoms with Crippen LogP contribution in [0.1, 0.15) is 15.9 Å². The van der Waals surface area contributed by atoms with Crippen LogP contribution in [0.2, 0.25) is 10.0 Å². The van der Waals surface area contributed by atoms with Gasteiger partial charge in [-0.2, -0.15) is 13.2 Å². The maximum absolute atomic E-state index is 12.8. The van der Waals surface area contributed by atoms with E-state index in [1.807, 2.05) is 0 Å². The molecule has 0 atom stereocenters. The smallest absolute Gasteiger partial charge is 0.417 e. The Morgan fingerprint density at radius 3 is 2.42 bits per heavy atom. The first-order valence-electron chi connectivity index (χ1n) is 8.83. The summed E-state index contributed by atoms with van der Waals surface area (Å²) in [4.78, 5) is 26.4. The standard InChI is InChI=1S/C20H12Cl2F3N3O5/c1-32-17-7-11(27-18(29)13-8-12(28(30)31)3-4-14(13)21)2-5-16(17)33-19-15(22)6-10(9-26-19)20(23,24)25/h2-9H,1H3,(H,27,29). The predicted molar refractivity (Wildman–Crippen MR) is 113 cm³/mol. The molecule has 1 N–H and O–H groups in total. The highest BCUT2D eigenvalue weighted by molar-refractivity contribution is 6.34. The van der Waals surface area contributed by atoms with Crippen molar-refractivity contribution in [1.82, 2.24) is 4.98 Å². The number of non-ortho nitro benzene ring substituents is 1. The lowest BCUT2D eigenvalue weighted by Gasteiger charge is -2.14. The molecule has 2 aromatic carbocycles. The fraction of sp³-hybridized carbons (Fsp3) is 0.100. The summed E-state index contributed by atoms with van der Waals surface area (Å²) in [5, 5.41) is 13.1. The number of hydrogen-bond donors (Lipinski definition) is 1. The Bertz CT molecular complexity index is 1240. The average molecular weight is 502 g/mol. The molecule has 33 heavy (non-hydrogen) atoms. The number of anilines is 1. The molecule has 0 radical (unpaired) electrons. The third-order valence-corrected chi connectivity index (χ3v) is 4.77. The van der Waals surface area contributed by atoms with Gasteiger partial charge in [0.2, 0.25) is 5.88 Å². The summed E-state index contributed by atoms with van der Waals surface area (Å²) in [5.74, 6) is -0.858. The molecular formula is C20H12Cl2F3N3O5. The second-order valence-corrected chi connectivity index (χ2v) is 7.17.